The third-order valence-electron chi connectivity index (χ3n) is 1.41. The van der Waals surface area contributed by atoms with Gasteiger partial charge in [0.05, 0.1) is 12.3 Å². The van der Waals surface area contributed by atoms with Crippen molar-refractivity contribution in [3.05, 3.63) is 23.5 Å². The van der Waals surface area contributed by atoms with Crippen LogP contribution in [-0.4, -0.2) is 16.5 Å². The predicted molar refractivity (Wildman–Crippen MR) is 41.6 cm³/mol. The molecule has 0 radical (unpaired) electrons. The standard InChI is InChI=1S/C8H5F3N2O2/c9-8(10,11)15-7-2-1-5(4-14)13-6(7)3-12/h1-2,14H,4H2. The molecule has 0 saturated heterocycles. The fourth-order valence-electron chi connectivity index (χ4n) is 0.862. The zero-order valence-electron chi connectivity index (χ0n) is 7.25. The van der Waals surface area contributed by atoms with E-state index in [-0.39, 0.29) is 5.69 Å². The number of aliphatic hydroxyl groups is 1. The van der Waals surface area contributed by atoms with Gasteiger partial charge in [-0.25, -0.2) is 4.98 Å². The topological polar surface area (TPSA) is 66.1 Å². The van der Waals surface area contributed by atoms with E-state index in [1.807, 2.05) is 0 Å². The summed E-state index contributed by atoms with van der Waals surface area (Å²) in [6.45, 7) is -0.457. The molecule has 15 heavy (non-hydrogen) atoms. The van der Waals surface area contributed by atoms with Gasteiger partial charge in [0.25, 0.3) is 0 Å². The van der Waals surface area contributed by atoms with Crippen molar-refractivity contribution < 1.29 is 23.0 Å². The van der Waals surface area contributed by atoms with Crippen LogP contribution in [0.2, 0.25) is 0 Å². The van der Waals surface area contributed by atoms with Gasteiger partial charge in [-0.05, 0) is 12.1 Å². The van der Waals surface area contributed by atoms with Crippen molar-refractivity contribution in [2.24, 2.45) is 0 Å². The molecule has 0 bridgehead atoms. The number of aliphatic hydroxyl groups excluding tert-OH is 1. The van der Waals surface area contributed by atoms with Crippen LogP contribution in [0.4, 0.5) is 13.2 Å². The van der Waals surface area contributed by atoms with Crippen LogP contribution in [-0.2, 0) is 6.61 Å². The van der Waals surface area contributed by atoms with Crippen molar-refractivity contribution in [2.75, 3.05) is 0 Å². The highest BCUT2D eigenvalue weighted by Gasteiger charge is 2.32. The van der Waals surface area contributed by atoms with Gasteiger partial charge >= 0.3 is 6.36 Å². The summed E-state index contributed by atoms with van der Waals surface area (Å²) in [6, 6.07) is 3.52. The molecule has 1 heterocycles. The Balaban J connectivity index is 3.04. The highest BCUT2D eigenvalue weighted by Crippen LogP contribution is 2.24. The van der Waals surface area contributed by atoms with Gasteiger partial charge in [-0.15, -0.1) is 13.2 Å². The van der Waals surface area contributed by atoms with Crippen molar-refractivity contribution in [2.45, 2.75) is 13.0 Å². The molecule has 7 heteroatoms. The minimum Gasteiger partial charge on any atom is -0.403 e. The lowest BCUT2D eigenvalue weighted by molar-refractivity contribution is -0.274. The second-order valence-corrected chi connectivity index (χ2v) is 2.47. The van der Waals surface area contributed by atoms with Gasteiger partial charge in [0, 0.05) is 0 Å². The fraction of sp³-hybridized carbons (Fsp3) is 0.250. The molecule has 0 saturated carbocycles. The maximum absolute atomic E-state index is 11.8. The predicted octanol–water partition coefficient (Wildman–Crippen LogP) is 1.34. The Morgan fingerprint density at radius 2 is 2.13 bits per heavy atom. The maximum atomic E-state index is 11.8. The molecule has 4 nitrogen and oxygen atoms in total. The lowest BCUT2D eigenvalue weighted by Crippen LogP contribution is -2.18. The molecule has 0 amide bonds. The van der Waals surface area contributed by atoms with Crippen LogP contribution < -0.4 is 4.74 Å². The molecule has 1 aromatic rings. The van der Waals surface area contributed by atoms with Gasteiger partial charge < -0.3 is 9.84 Å². The normalized spacial score (nSPS) is 10.9. The molecule has 0 aliphatic carbocycles. The van der Waals surface area contributed by atoms with Crippen LogP contribution >= 0.6 is 0 Å². The summed E-state index contributed by atoms with van der Waals surface area (Å²) in [5.41, 5.74) is -0.417. The second-order valence-electron chi connectivity index (χ2n) is 2.47. The maximum Gasteiger partial charge on any atom is 0.573 e. The van der Waals surface area contributed by atoms with E-state index in [4.69, 9.17) is 10.4 Å². The van der Waals surface area contributed by atoms with E-state index in [9.17, 15) is 13.2 Å². The van der Waals surface area contributed by atoms with E-state index in [1.54, 1.807) is 0 Å². The molecule has 0 fully saturated rings. The van der Waals surface area contributed by atoms with E-state index in [0.717, 1.165) is 12.1 Å². The summed E-state index contributed by atoms with van der Waals surface area (Å²) in [4.78, 5) is 3.46. The summed E-state index contributed by atoms with van der Waals surface area (Å²) >= 11 is 0. The van der Waals surface area contributed by atoms with Gasteiger partial charge in [0.2, 0.25) is 0 Å². The molecule has 80 valence electrons. The largest absolute Gasteiger partial charge is 0.573 e. The first-order valence-corrected chi connectivity index (χ1v) is 3.73. The first-order chi connectivity index (χ1) is 6.96. The first-order valence-electron chi connectivity index (χ1n) is 3.73. The number of ether oxygens (including phenoxy) is 1. The Kier molecular flexibility index (Phi) is 3.11. The van der Waals surface area contributed by atoms with Crippen LogP contribution in [0.5, 0.6) is 5.75 Å². The molecule has 1 rings (SSSR count). The van der Waals surface area contributed by atoms with E-state index < -0.39 is 24.4 Å². The van der Waals surface area contributed by atoms with Gasteiger partial charge in [0.15, 0.2) is 11.4 Å². The Labute approximate surface area is 82.5 Å². The van der Waals surface area contributed by atoms with Crippen LogP contribution in [0, 0.1) is 11.3 Å². The van der Waals surface area contributed by atoms with E-state index in [2.05, 4.69) is 9.72 Å². The van der Waals surface area contributed by atoms with E-state index >= 15 is 0 Å². The summed E-state index contributed by atoms with van der Waals surface area (Å²) < 4.78 is 39.1. The zero-order valence-corrected chi connectivity index (χ0v) is 7.25. The zero-order chi connectivity index (χ0) is 11.5. The molecule has 0 aromatic carbocycles. The van der Waals surface area contributed by atoms with Crippen molar-refractivity contribution in [1.29, 1.82) is 5.26 Å². The minimum absolute atomic E-state index is 0.0982. The van der Waals surface area contributed by atoms with Crippen molar-refractivity contribution in [3.63, 3.8) is 0 Å². The first kappa shape index (κ1) is 11.3. The third kappa shape index (κ3) is 3.11. The number of pyridine rings is 1. The molecule has 1 N–H and O–H groups in total. The van der Waals surface area contributed by atoms with Gasteiger partial charge in [-0.2, -0.15) is 5.26 Å². The summed E-state index contributed by atoms with van der Waals surface area (Å²) in [5.74, 6) is -0.679. The van der Waals surface area contributed by atoms with Crippen molar-refractivity contribution in [1.82, 2.24) is 4.98 Å². The van der Waals surface area contributed by atoms with Gasteiger partial charge in [-0.1, -0.05) is 0 Å². The van der Waals surface area contributed by atoms with Gasteiger partial charge in [-0.3, -0.25) is 0 Å². The molecular formula is C8H5F3N2O2. The number of halogens is 3. The average molecular weight is 218 g/mol. The van der Waals surface area contributed by atoms with Crippen LogP contribution in [0.3, 0.4) is 0 Å². The Morgan fingerprint density at radius 3 is 2.60 bits per heavy atom. The lowest BCUT2D eigenvalue weighted by Gasteiger charge is -2.09. The molecule has 1 aromatic heterocycles. The molecule has 0 spiro atoms. The summed E-state index contributed by atoms with van der Waals surface area (Å²) in [6.07, 6.45) is -4.87. The number of nitriles is 1. The van der Waals surface area contributed by atoms with E-state index in [0.29, 0.717) is 0 Å². The molecule has 0 unspecified atom stereocenters. The van der Waals surface area contributed by atoms with Crippen molar-refractivity contribution >= 4 is 0 Å². The fourth-order valence-corrected chi connectivity index (χ4v) is 0.862. The molecule has 0 aliphatic heterocycles. The molecule has 0 aliphatic rings. The number of aromatic nitrogens is 1. The van der Waals surface area contributed by atoms with E-state index in [1.165, 1.54) is 6.07 Å². The number of rotatable bonds is 2. The SMILES string of the molecule is N#Cc1nc(CO)ccc1OC(F)(F)F. The molecular weight excluding hydrogens is 213 g/mol. The quantitative estimate of drug-likeness (QED) is 0.813. The summed E-state index contributed by atoms with van der Waals surface area (Å²) in [7, 11) is 0. The minimum atomic E-state index is -4.87. The van der Waals surface area contributed by atoms with Crippen LogP contribution in [0.25, 0.3) is 0 Å². The Bertz CT molecular complexity index is 398. The second kappa shape index (κ2) is 4.14. The Hall–Kier alpha value is -1.81. The monoisotopic (exact) mass is 218 g/mol. The smallest absolute Gasteiger partial charge is 0.403 e. The van der Waals surface area contributed by atoms with Crippen LogP contribution in [0.15, 0.2) is 12.1 Å². The number of hydrogen-bond donors (Lipinski definition) is 1. The number of nitrogens with zero attached hydrogens (tertiary/aromatic N) is 2. The van der Waals surface area contributed by atoms with Crippen LogP contribution in [0.1, 0.15) is 11.4 Å². The third-order valence-corrected chi connectivity index (χ3v) is 1.41. The highest BCUT2D eigenvalue weighted by molar-refractivity contribution is 5.38. The number of alkyl halides is 3. The van der Waals surface area contributed by atoms with Gasteiger partial charge in [0.1, 0.15) is 6.07 Å². The lowest BCUT2D eigenvalue weighted by atomic mass is 10.3. The summed E-state index contributed by atoms with van der Waals surface area (Å²) in [5, 5.41) is 17.1. The molecule has 0 atom stereocenters. The average Bonchev–Trinajstić information content (AvgIpc) is 2.16. The highest BCUT2D eigenvalue weighted by atomic mass is 19.4. The van der Waals surface area contributed by atoms with Crippen molar-refractivity contribution in [3.8, 4) is 11.8 Å². The number of hydrogen-bond acceptors (Lipinski definition) is 4. The Morgan fingerprint density at radius 1 is 1.47 bits per heavy atom.